The third kappa shape index (κ3) is 10.4. The van der Waals surface area contributed by atoms with Crippen LogP contribution in [0, 0.1) is 0 Å². The number of fused-ring (bicyclic) bond motifs is 4. The molecule has 12 nitrogen and oxygen atoms in total. The number of carbonyl (C=O) groups is 3. The number of methoxy groups -OCH3 is 2. The van der Waals surface area contributed by atoms with E-state index in [2.05, 4.69) is 35.6 Å². The number of ether oxygens (including phenoxy) is 4. The van der Waals surface area contributed by atoms with Crippen molar-refractivity contribution in [3.63, 3.8) is 0 Å². The number of nitrogens with zero attached hydrogens (tertiary/aromatic N) is 2. The second kappa shape index (κ2) is 14.6. The summed E-state index contributed by atoms with van der Waals surface area (Å²) in [5.74, 6) is 0.135. The molecule has 3 N–H and O–H groups in total. The summed E-state index contributed by atoms with van der Waals surface area (Å²) in [5.41, 5.74) is 1.58. The first-order valence-corrected chi connectivity index (χ1v) is 18.0. The van der Waals surface area contributed by atoms with E-state index < -0.39 is 43.9 Å². The zero-order valence-corrected chi connectivity index (χ0v) is 27.4. The summed E-state index contributed by atoms with van der Waals surface area (Å²) in [5, 5.41) is 8.90. The highest BCUT2D eigenvalue weighted by Crippen LogP contribution is 2.33. The molecule has 43 heavy (non-hydrogen) atoms. The average Bonchev–Trinajstić information content (AvgIpc) is 3.33. The fourth-order valence-electron chi connectivity index (χ4n) is 4.30. The molecular weight excluding hydrogens is 570 g/mol. The number of hydrogen-bond acceptors (Lipinski definition) is 9. The van der Waals surface area contributed by atoms with Crippen LogP contribution in [-0.2, 0) is 30.5 Å². The Kier molecular flexibility index (Phi) is 11.4. The van der Waals surface area contributed by atoms with Gasteiger partial charge in [0.25, 0.3) is 0 Å². The summed E-state index contributed by atoms with van der Waals surface area (Å²) in [7, 11) is 1.31. The van der Waals surface area contributed by atoms with Gasteiger partial charge in [0.05, 0.1) is 26.0 Å². The monoisotopic (exact) mass is 615 g/mol. The Morgan fingerprint density at radius 2 is 1.79 bits per heavy atom. The number of nitrogens with one attached hydrogen (secondary N) is 3. The second-order valence-corrected chi connectivity index (χ2v) is 18.2. The summed E-state index contributed by atoms with van der Waals surface area (Å²) in [6.45, 7) is 13.1. The van der Waals surface area contributed by atoms with E-state index in [0.29, 0.717) is 47.9 Å². The molecule has 1 aromatic carbocycles. The highest BCUT2D eigenvalue weighted by molar-refractivity contribution is 6.76. The van der Waals surface area contributed by atoms with Crippen LogP contribution in [0.2, 0.25) is 25.7 Å². The van der Waals surface area contributed by atoms with Gasteiger partial charge in [-0.15, -0.1) is 0 Å². The van der Waals surface area contributed by atoms with Crippen molar-refractivity contribution < 1.29 is 33.3 Å². The standard InChI is InChI=1S/C30H45N5O7Si/c1-30(2,3)42-29(38)34-22-11-9-10-12-23(27(36)39-4)32-24-17-20(31-28(37)40-5)13-14-21(24)25-18-35(26(22)33-25)19-41-15-16-43(6,7)8/h9-10,13-14,17-18,22-23,32H,11-12,15-16,19H2,1-8H3,(H,31,37)(H,34,38)/b10-9+/t22-,23+/m0/s1. The third-order valence-corrected chi connectivity index (χ3v) is 8.19. The molecule has 13 heteroatoms. The van der Waals surface area contributed by atoms with Gasteiger partial charge in [-0.2, -0.15) is 0 Å². The van der Waals surface area contributed by atoms with Crippen molar-refractivity contribution in [1.82, 2.24) is 14.9 Å². The minimum absolute atomic E-state index is 0.235. The smallest absolute Gasteiger partial charge is 0.411 e. The molecule has 0 fully saturated rings. The molecule has 236 valence electrons. The van der Waals surface area contributed by atoms with Crippen molar-refractivity contribution in [1.29, 1.82) is 0 Å². The molecule has 3 rings (SSSR count). The fourth-order valence-corrected chi connectivity index (χ4v) is 5.06. The minimum atomic E-state index is -1.30. The van der Waals surface area contributed by atoms with Gasteiger partial charge in [0.15, 0.2) is 0 Å². The first-order chi connectivity index (χ1) is 20.2. The Labute approximate surface area is 254 Å². The van der Waals surface area contributed by atoms with Crippen molar-refractivity contribution in [2.75, 3.05) is 31.5 Å². The largest absolute Gasteiger partial charge is 0.467 e. The van der Waals surface area contributed by atoms with Gasteiger partial charge >= 0.3 is 18.2 Å². The van der Waals surface area contributed by atoms with E-state index in [0.717, 1.165) is 6.04 Å². The van der Waals surface area contributed by atoms with Crippen molar-refractivity contribution in [2.45, 2.75) is 83.7 Å². The number of aromatic nitrogens is 2. The summed E-state index contributed by atoms with van der Waals surface area (Å²) >= 11 is 0. The Morgan fingerprint density at radius 3 is 2.44 bits per heavy atom. The van der Waals surface area contributed by atoms with Crippen LogP contribution in [0.1, 0.15) is 45.5 Å². The molecular formula is C30H45N5O7Si. The highest BCUT2D eigenvalue weighted by atomic mass is 28.3. The Bertz CT molecular complexity index is 1310. The lowest BCUT2D eigenvalue weighted by Gasteiger charge is -2.24. The van der Waals surface area contributed by atoms with Crippen LogP contribution in [0.25, 0.3) is 11.3 Å². The Morgan fingerprint density at radius 1 is 1.07 bits per heavy atom. The van der Waals surface area contributed by atoms with Crippen molar-refractivity contribution in [3.05, 3.63) is 42.4 Å². The van der Waals surface area contributed by atoms with Crippen LogP contribution in [0.4, 0.5) is 21.0 Å². The quantitative estimate of drug-likeness (QED) is 0.109. The minimum Gasteiger partial charge on any atom is -0.467 e. The van der Waals surface area contributed by atoms with Gasteiger partial charge in [0.2, 0.25) is 0 Å². The number of benzene rings is 1. The SMILES string of the molecule is COC(=O)Nc1ccc2c(c1)N[C@@H](C(=O)OC)C/C=C/C[C@H](NC(=O)OC(C)(C)C)c1nc-2cn1COCC[Si](C)(C)C. The van der Waals surface area contributed by atoms with Crippen LogP contribution in [0.3, 0.4) is 0 Å². The zero-order valence-electron chi connectivity index (χ0n) is 26.4. The van der Waals surface area contributed by atoms with E-state index in [-0.39, 0.29) is 6.73 Å². The molecule has 1 aromatic heterocycles. The molecule has 0 radical (unpaired) electrons. The lowest BCUT2D eigenvalue weighted by atomic mass is 10.1. The highest BCUT2D eigenvalue weighted by Gasteiger charge is 2.27. The topological polar surface area (TPSA) is 142 Å². The first kappa shape index (κ1) is 33.7. The maximum Gasteiger partial charge on any atom is 0.411 e. The lowest BCUT2D eigenvalue weighted by molar-refractivity contribution is -0.141. The molecule has 0 unspecified atom stereocenters. The van der Waals surface area contributed by atoms with Gasteiger partial charge in [-0.3, -0.25) is 5.32 Å². The summed E-state index contributed by atoms with van der Waals surface area (Å²) < 4.78 is 23.3. The lowest BCUT2D eigenvalue weighted by Crippen LogP contribution is -2.36. The number of esters is 1. The first-order valence-electron chi connectivity index (χ1n) is 14.3. The van der Waals surface area contributed by atoms with E-state index in [9.17, 15) is 14.4 Å². The maximum atomic E-state index is 12.9. The molecule has 2 atom stereocenters. The number of amides is 2. The molecule has 1 aliphatic rings. The number of imidazole rings is 1. The van der Waals surface area contributed by atoms with Gasteiger partial charge < -0.3 is 34.1 Å². The van der Waals surface area contributed by atoms with Crippen LogP contribution in [0.15, 0.2) is 36.5 Å². The van der Waals surface area contributed by atoms with E-state index >= 15 is 0 Å². The Balaban J connectivity index is 2.11. The third-order valence-electron chi connectivity index (χ3n) is 6.49. The number of anilines is 2. The average molecular weight is 616 g/mol. The van der Waals surface area contributed by atoms with E-state index in [1.165, 1.54) is 14.2 Å². The number of carbonyl (C=O) groups excluding carboxylic acids is 3. The predicted molar refractivity (Wildman–Crippen MR) is 168 cm³/mol. The second-order valence-electron chi connectivity index (χ2n) is 12.5. The molecule has 2 amide bonds. The van der Waals surface area contributed by atoms with Crippen LogP contribution < -0.4 is 16.0 Å². The molecule has 2 bridgehead atoms. The molecule has 0 aliphatic carbocycles. The van der Waals surface area contributed by atoms with Crippen molar-refractivity contribution in [2.24, 2.45) is 0 Å². The van der Waals surface area contributed by atoms with E-state index in [4.69, 9.17) is 23.9 Å². The Hall–Kier alpha value is -3.84. The van der Waals surface area contributed by atoms with Crippen molar-refractivity contribution >= 4 is 37.6 Å². The maximum absolute atomic E-state index is 12.9. The number of rotatable bonds is 8. The molecule has 2 aromatic rings. The van der Waals surface area contributed by atoms with Crippen molar-refractivity contribution in [3.8, 4) is 11.3 Å². The van der Waals surface area contributed by atoms with Gasteiger partial charge in [0, 0.05) is 37.8 Å². The molecule has 0 saturated heterocycles. The van der Waals surface area contributed by atoms with Gasteiger partial charge in [-0.25, -0.2) is 19.4 Å². The number of alkyl carbamates (subject to hydrolysis) is 1. The molecule has 2 heterocycles. The van der Waals surface area contributed by atoms with E-state index in [1.807, 2.05) is 22.9 Å². The van der Waals surface area contributed by atoms with Crippen LogP contribution >= 0.6 is 0 Å². The fraction of sp³-hybridized carbons (Fsp3) is 0.533. The van der Waals surface area contributed by atoms with Gasteiger partial charge in [-0.05, 0) is 57.9 Å². The van der Waals surface area contributed by atoms with E-state index in [1.54, 1.807) is 39.0 Å². The predicted octanol–water partition coefficient (Wildman–Crippen LogP) is 5.91. The van der Waals surface area contributed by atoms with Crippen LogP contribution in [0.5, 0.6) is 0 Å². The normalized spacial score (nSPS) is 17.7. The molecule has 1 aliphatic heterocycles. The number of hydrogen-bond donors (Lipinski definition) is 3. The zero-order chi connectivity index (χ0) is 31.8. The van der Waals surface area contributed by atoms with Crippen LogP contribution in [-0.4, -0.2) is 68.3 Å². The van der Waals surface area contributed by atoms with Gasteiger partial charge in [0.1, 0.15) is 24.2 Å². The molecule has 0 spiro atoms. The summed E-state index contributed by atoms with van der Waals surface area (Å²) in [6.07, 6.45) is 5.12. The summed E-state index contributed by atoms with van der Waals surface area (Å²) in [4.78, 5) is 42.5. The summed E-state index contributed by atoms with van der Waals surface area (Å²) in [6, 6.07) is 4.95. The molecule has 0 saturated carbocycles. The van der Waals surface area contributed by atoms with Gasteiger partial charge in [-0.1, -0.05) is 31.8 Å².